The standard InChI is InChI=1S/C30H45Br2NO4/c1-2-3-4-5-6-7-8-9-10-11-12-13-14-15-16-17-18-19-27(35)33-21-20-30(37,29(33)36)24-22-25(31)28(32)26(34)23-24/h12-13,22-23,34,37H,2-11,14-21H2,1H3/b13-12+/t30-/m0/s1. The van der Waals surface area contributed by atoms with Gasteiger partial charge in [0.25, 0.3) is 5.91 Å². The summed E-state index contributed by atoms with van der Waals surface area (Å²) in [7, 11) is 0. The molecule has 0 bridgehead atoms. The van der Waals surface area contributed by atoms with Crippen LogP contribution in [0, 0.1) is 0 Å². The zero-order valence-electron chi connectivity index (χ0n) is 22.5. The second-order valence-corrected chi connectivity index (χ2v) is 11.9. The van der Waals surface area contributed by atoms with Gasteiger partial charge in [0.1, 0.15) is 5.75 Å². The smallest absolute Gasteiger partial charge is 0.265 e. The maximum Gasteiger partial charge on any atom is 0.265 e. The number of amides is 2. The minimum atomic E-state index is -1.79. The molecule has 0 aromatic heterocycles. The SMILES string of the molecule is CCCCCCCCCCC/C=C/CCCCCCC(=O)N1CC[C@](O)(c2cc(O)c(Br)c(Br)c2)C1=O. The van der Waals surface area contributed by atoms with E-state index in [2.05, 4.69) is 50.9 Å². The molecule has 1 atom stereocenters. The largest absolute Gasteiger partial charge is 0.507 e. The van der Waals surface area contributed by atoms with Crippen molar-refractivity contribution < 1.29 is 19.8 Å². The van der Waals surface area contributed by atoms with E-state index in [4.69, 9.17) is 0 Å². The lowest BCUT2D eigenvalue weighted by atomic mass is 9.92. The molecule has 0 unspecified atom stereocenters. The van der Waals surface area contributed by atoms with Crippen LogP contribution in [0.4, 0.5) is 0 Å². The van der Waals surface area contributed by atoms with Gasteiger partial charge >= 0.3 is 0 Å². The van der Waals surface area contributed by atoms with Crippen molar-refractivity contribution in [2.75, 3.05) is 6.54 Å². The average molecular weight is 644 g/mol. The summed E-state index contributed by atoms with van der Waals surface area (Å²) < 4.78 is 0.986. The van der Waals surface area contributed by atoms with Gasteiger partial charge in [0.2, 0.25) is 5.91 Å². The van der Waals surface area contributed by atoms with E-state index < -0.39 is 11.5 Å². The normalized spacial score (nSPS) is 17.8. The monoisotopic (exact) mass is 641 g/mol. The van der Waals surface area contributed by atoms with Crippen LogP contribution in [0.1, 0.15) is 122 Å². The van der Waals surface area contributed by atoms with Crippen LogP contribution >= 0.6 is 31.9 Å². The molecule has 2 amide bonds. The lowest BCUT2D eigenvalue weighted by Gasteiger charge is -2.23. The Balaban J connectivity index is 1.54. The lowest BCUT2D eigenvalue weighted by Crippen LogP contribution is -2.40. The Kier molecular flexibility index (Phi) is 15.1. The van der Waals surface area contributed by atoms with E-state index in [1.807, 2.05) is 0 Å². The maximum absolute atomic E-state index is 12.9. The first kappa shape index (κ1) is 32.0. The highest BCUT2D eigenvalue weighted by Crippen LogP contribution is 2.40. The number of aliphatic hydroxyl groups is 1. The number of carbonyl (C=O) groups excluding carboxylic acids is 2. The van der Waals surface area contributed by atoms with E-state index in [0.717, 1.165) is 32.1 Å². The number of benzene rings is 1. The molecule has 1 heterocycles. The lowest BCUT2D eigenvalue weighted by molar-refractivity contribution is -0.151. The van der Waals surface area contributed by atoms with Crippen molar-refractivity contribution >= 4 is 43.7 Å². The number of hydrogen-bond donors (Lipinski definition) is 2. The molecule has 37 heavy (non-hydrogen) atoms. The van der Waals surface area contributed by atoms with Crippen LogP contribution in [0.3, 0.4) is 0 Å². The Bertz CT molecular complexity index is 865. The summed E-state index contributed by atoms with van der Waals surface area (Å²) in [4.78, 5) is 26.7. The predicted octanol–water partition coefficient (Wildman–Crippen LogP) is 8.68. The Morgan fingerprint density at radius 1 is 0.919 bits per heavy atom. The van der Waals surface area contributed by atoms with Crippen molar-refractivity contribution in [2.24, 2.45) is 0 Å². The van der Waals surface area contributed by atoms with Crippen LogP contribution in [-0.4, -0.2) is 33.5 Å². The number of imide groups is 1. The molecular formula is C30H45Br2NO4. The van der Waals surface area contributed by atoms with Crippen LogP contribution in [-0.2, 0) is 15.2 Å². The number of aromatic hydroxyl groups is 1. The van der Waals surface area contributed by atoms with Gasteiger partial charge in [-0.05, 0) is 81.7 Å². The number of carbonyl (C=O) groups is 2. The van der Waals surface area contributed by atoms with Gasteiger partial charge in [-0.25, -0.2) is 0 Å². The summed E-state index contributed by atoms with van der Waals surface area (Å²) in [6.45, 7) is 2.45. The van der Waals surface area contributed by atoms with Gasteiger partial charge in [0, 0.05) is 23.9 Å². The molecule has 0 spiro atoms. The van der Waals surface area contributed by atoms with E-state index in [0.29, 0.717) is 15.4 Å². The van der Waals surface area contributed by atoms with Crippen molar-refractivity contribution in [3.8, 4) is 5.75 Å². The fourth-order valence-corrected chi connectivity index (χ4v) is 5.54. The summed E-state index contributed by atoms with van der Waals surface area (Å²) in [6, 6.07) is 2.96. The van der Waals surface area contributed by atoms with Gasteiger partial charge in [0.05, 0.1) is 4.47 Å². The number of hydrogen-bond acceptors (Lipinski definition) is 4. The molecular weight excluding hydrogens is 598 g/mol. The van der Waals surface area contributed by atoms with Crippen molar-refractivity contribution in [3.05, 3.63) is 38.8 Å². The van der Waals surface area contributed by atoms with Gasteiger partial charge in [-0.15, -0.1) is 0 Å². The Labute approximate surface area is 240 Å². The van der Waals surface area contributed by atoms with Crippen molar-refractivity contribution in [1.29, 1.82) is 0 Å². The van der Waals surface area contributed by atoms with Crippen molar-refractivity contribution in [2.45, 2.75) is 122 Å². The number of halogens is 2. The number of phenolic OH excluding ortho intramolecular Hbond substituents is 1. The quantitative estimate of drug-likeness (QED) is 0.124. The van der Waals surface area contributed by atoms with E-state index in [-0.39, 0.29) is 30.2 Å². The molecule has 2 rings (SSSR count). The van der Waals surface area contributed by atoms with Gasteiger partial charge in [-0.3, -0.25) is 14.5 Å². The van der Waals surface area contributed by atoms with Gasteiger partial charge in [0.15, 0.2) is 5.60 Å². The number of allylic oxidation sites excluding steroid dienone is 2. The zero-order chi connectivity index (χ0) is 27.1. The Morgan fingerprint density at radius 2 is 1.46 bits per heavy atom. The number of nitrogens with zero attached hydrogens (tertiary/aromatic N) is 1. The minimum absolute atomic E-state index is 0.0753. The molecule has 7 heteroatoms. The fourth-order valence-electron chi connectivity index (χ4n) is 4.86. The first-order chi connectivity index (χ1) is 17.8. The molecule has 1 saturated heterocycles. The van der Waals surface area contributed by atoms with Crippen LogP contribution < -0.4 is 0 Å². The molecule has 5 nitrogen and oxygen atoms in total. The summed E-state index contributed by atoms with van der Waals surface area (Å²) in [6.07, 6.45) is 23.5. The molecule has 1 fully saturated rings. The van der Waals surface area contributed by atoms with E-state index in [1.165, 1.54) is 75.2 Å². The number of likely N-dealkylation sites (tertiary alicyclic amines) is 1. The van der Waals surface area contributed by atoms with Crippen LogP contribution in [0.15, 0.2) is 33.2 Å². The molecule has 208 valence electrons. The molecule has 1 aliphatic rings. The van der Waals surface area contributed by atoms with E-state index >= 15 is 0 Å². The third kappa shape index (κ3) is 10.5. The topological polar surface area (TPSA) is 77.8 Å². The van der Waals surface area contributed by atoms with Gasteiger partial charge in [-0.1, -0.05) is 83.3 Å². The maximum atomic E-state index is 12.9. The summed E-state index contributed by atoms with van der Waals surface area (Å²) in [5, 5.41) is 21.1. The third-order valence-corrected chi connectivity index (χ3v) is 9.23. The van der Waals surface area contributed by atoms with E-state index in [1.54, 1.807) is 6.07 Å². The van der Waals surface area contributed by atoms with Crippen molar-refractivity contribution in [1.82, 2.24) is 4.90 Å². The number of rotatable bonds is 18. The van der Waals surface area contributed by atoms with Gasteiger partial charge in [-0.2, -0.15) is 0 Å². The molecule has 1 aromatic carbocycles. The molecule has 1 aliphatic heterocycles. The highest BCUT2D eigenvalue weighted by Gasteiger charge is 2.48. The second-order valence-electron chi connectivity index (χ2n) is 10.3. The molecule has 0 aliphatic carbocycles. The minimum Gasteiger partial charge on any atom is -0.507 e. The summed E-state index contributed by atoms with van der Waals surface area (Å²) >= 11 is 6.55. The summed E-state index contributed by atoms with van der Waals surface area (Å²) in [5.74, 6) is -0.917. The molecule has 0 radical (unpaired) electrons. The Morgan fingerprint density at radius 3 is 2.03 bits per heavy atom. The van der Waals surface area contributed by atoms with Crippen LogP contribution in [0.5, 0.6) is 5.75 Å². The van der Waals surface area contributed by atoms with Crippen LogP contribution in [0.25, 0.3) is 0 Å². The third-order valence-electron chi connectivity index (χ3n) is 7.24. The molecule has 2 N–H and O–H groups in total. The number of phenols is 1. The predicted molar refractivity (Wildman–Crippen MR) is 157 cm³/mol. The van der Waals surface area contributed by atoms with Gasteiger partial charge < -0.3 is 10.2 Å². The van der Waals surface area contributed by atoms with Crippen molar-refractivity contribution in [3.63, 3.8) is 0 Å². The van der Waals surface area contributed by atoms with E-state index in [9.17, 15) is 19.8 Å². The average Bonchev–Trinajstić information content (AvgIpc) is 3.19. The fraction of sp³-hybridized carbons (Fsp3) is 0.667. The zero-order valence-corrected chi connectivity index (χ0v) is 25.6. The highest BCUT2D eigenvalue weighted by molar-refractivity contribution is 9.13. The summed E-state index contributed by atoms with van der Waals surface area (Å²) in [5.41, 5.74) is -1.51. The molecule has 0 saturated carbocycles. The first-order valence-electron chi connectivity index (χ1n) is 14.2. The second kappa shape index (κ2) is 17.4. The first-order valence-corrected chi connectivity index (χ1v) is 15.8. The van der Waals surface area contributed by atoms with Crippen LogP contribution in [0.2, 0.25) is 0 Å². The molecule has 1 aromatic rings. The highest BCUT2D eigenvalue weighted by atomic mass is 79.9. The number of unbranched alkanes of at least 4 members (excludes halogenated alkanes) is 13. The Hall–Kier alpha value is -1.18.